The number of carboxylic acids is 1. The summed E-state index contributed by atoms with van der Waals surface area (Å²) >= 11 is 0. The van der Waals surface area contributed by atoms with Crippen molar-refractivity contribution < 1.29 is 27.8 Å². The van der Waals surface area contributed by atoms with Gasteiger partial charge in [0.2, 0.25) is 0 Å². The van der Waals surface area contributed by atoms with Gasteiger partial charge in [0.15, 0.2) is 0 Å². The number of halogens is 3. The van der Waals surface area contributed by atoms with Gasteiger partial charge in [-0.15, -0.1) is 0 Å². The second-order valence-electron chi connectivity index (χ2n) is 9.73. The molecule has 2 aliphatic carbocycles. The van der Waals surface area contributed by atoms with Crippen molar-refractivity contribution in [2.45, 2.75) is 51.2 Å². The molecule has 1 aliphatic heterocycles. The number of hydrogen-bond donors (Lipinski definition) is 1. The van der Waals surface area contributed by atoms with Gasteiger partial charge in [0, 0.05) is 31.0 Å². The number of fused-ring (bicyclic) bond motifs is 1. The highest BCUT2D eigenvalue weighted by atomic mass is 19.4. The Morgan fingerprint density at radius 1 is 1.27 bits per heavy atom. The molecule has 4 nitrogen and oxygen atoms in total. The molecule has 1 spiro atoms. The number of ether oxygens (including phenoxy) is 1. The maximum atomic E-state index is 13.3. The van der Waals surface area contributed by atoms with Gasteiger partial charge >= 0.3 is 12.1 Å². The van der Waals surface area contributed by atoms with Gasteiger partial charge in [-0.05, 0) is 55.9 Å². The molecular formula is C26H30F3NO3. The van der Waals surface area contributed by atoms with Crippen LogP contribution in [0.2, 0.25) is 0 Å². The summed E-state index contributed by atoms with van der Waals surface area (Å²) in [7, 11) is 0. The minimum Gasteiger partial charge on any atom is -0.493 e. The van der Waals surface area contributed by atoms with Crippen LogP contribution in [0.1, 0.15) is 37.3 Å². The second-order valence-corrected chi connectivity index (χ2v) is 9.73. The Labute approximate surface area is 192 Å². The summed E-state index contributed by atoms with van der Waals surface area (Å²) < 4.78 is 45.5. The van der Waals surface area contributed by atoms with E-state index in [1.54, 1.807) is 0 Å². The van der Waals surface area contributed by atoms with E-state index in [1.165, 1.54) is 30.2 Å². The highest BCUT2D eigenvalue weighted by Gasteiger charge is 2.51. The first-order valence-electron chi connectivity index (χ1n) is 11.4. The number of alkyl halides is 3. The zero-order chi connectivity index (χ0) is 23.8. The van der Waals surface area contributed by atoms with Crippen LogP contribution < -0.4 is 4.74 Å². The van der Waals surface area contributed by atoms with E-state index < -0.39 is 17.7 Å². The summed E-state index contributed by atoms with van der Waals surface area (Å²) in [6.45, 7) is 7.08. The van der Waals surface area contributed by atoms with Crippen LogP contribution in [0.5, 0.6) is 5.75 Å². The number of carboxylic acid groups (broad SMARTS) is 1. The molecule has 1 aromatic carbocycles. The third-order valence-electron chi connectivity index (χ3n) is 7.27. The van der Waals surface area contributed by atoms with Crippen LogP contribution in [0.4, 0.5) is 13.2 Å². The molecule has 4 rings (SSSR count). The average Bonchev–Trinajstić information content (AvgIpc) is 3.04. The Morgan fingerprint density at radius 2 is 1.97 bits per heavy atom. The van der Waals surface area contributed by atoms with E-state index in [0.29, 0.717) is 11.8 Å². The van der Waals surface area contributed by atoms with Crippen molar-refractivity contribution >= 4 is 5.97 Å². The summed E-state index contributed by atoms with van der Waals surface area (Å²) in [5.74, 6) is -0.181. The van der Waals surface area contributed by atoms with Crippen molar-refractivity contribution in [3.8, 4) is 5.75 Å². The summed E-state index contributed by atoms with van der Waals surface area (Å²) in [4.78, 5) is 13.4. The van der Waals surface area contributed by atoms with Gasteiger partial charge in [-0.25, -0.2) is 0 Å². The fourth-order valence-corrected chi connectivity index (χ4v) is 5.38. The Morgan fingerprint density at radius 3 is 2.61 bits per heavy atom. The van der Waals surface area contributed by atoms with Crippen LogP contribution in [0.15, 0.2) is 54.2 Å². The molecule has 1 N–H and O–H groups in total. The van der Waals surface area contributed by atoms with Crippen LogP contribution in [0.25, 0.3) is 0 Å². The first kappa shape index (κ1) is 23.6. The largest absolute Gasteiger partial charge is 0.493 e. The number of allylic oxidation sites excluding steroid dienone is 4. The Hall–Kier alpha value is -2.54. The third-order valence-corrected chi connectivity index (χ3v) is 7.27. The van der Waals surface area contributed by atoms with Gasteiger partial charge < -0.3 is 9.84 Å². The molecule has 33 heavy (non-hydrogen) atoms. The van der Waals surface area contributed by atoms with Crippen LogP contribution in [0, 0.1) is 11.3 Å². The molecule has 1 saturated carbocycles. The molecular weight excluding hydrogens is 431 g/mol. The number of rotatable bonds is 8. The minimum absolute atomic E-state index is 0.178. The molecule has 178 valence electrons. The minimum atomic E-state index is -4.41. The number of nitrogens with zero attached hydrogens (tertiary/aromatic N) is 1. The zero-order valence-electron chi connectivity index (χ0n) is 18.8. The zero-order valence-corrected chi connectivity index (χ0v) is 18.8. The van der Waals surface area contributed by atoms with Crippen molar-refractivity contribution in [2.75, 3.05) is 19.7 Å². The lowest BCUT2D eigenvalue weighted by Crippen LogP contribution is -2.63. The predicted octanol–water partition coefficient (Wildman–Crippen LogP) is 5.34. The Bertz CT molecular complexity index is 983. The van der Waals surface area contributed by atoms with E-state index >= 15 is 0 Å². The molecule has 0 amide bonds. The number of likely N-dealkylation sites (tertiary alicyclic amines) is 1. The molecule has 0 bridgehead atoms. The van der Waals surface area contributed by atoms with E-state index in [1.807, 2.05) is 12.1 Å². The summed E-state index contributed by atoms with van der Waals surface area (Å²) in [6.07, 6.45) is 2.93. The van der Waals surface area contributed by atoms with E-state index in [-0.39, 0.29) is 29.9 Å². The monoisotopic (exact) mass is 461 g/mol. The number of aliphatic carboxylic acids is 1. The smallest absolute Gasteiger partial charge is 0.416 e. The fourth-order valence-electron chi connectivity index (χ4n) is 5.38. The topological polar surface area (TPSA) is 49.8 Å². The maximum absolute atomic E-state index is 13.3. The summed E-state index contributed by atoms with van der Waals surface area (Å²) in [5.41, 5.74) is 2.37. The first-order chi connectivity index (χ1) is 15.6. The fraction of sp³-hybridized carbons (Fsp3) is 0.500. The van der Waals surface area contributed by atoms with Crippen molar-refractivity contribution in [1.29, 1.82) is 0 Å². The van der Waals surface area contributed by atoms with E-state index in [2.05, 4.69) is 17.5 Å². The molecule has 3 aliphatic rings. The van der Waals surface area contributed by atoms with E-state index in [9.17, 15) is 18.0 Å². The number of carbonyl (C=O) groups is 1. The van der Waals surface area contributed by atoms with Crippen molar-refractivity contribution in [3.63, 3.8) is 0 Å². The van der Waals surface area contributed by atoms with Gasteiger partial charge in [0.25, 0.3) is 0 Å². The number of hydrogen-bond acceptors (Lipinski definition) is 3. The molecule has 0 radical (unpaired) electrons. The normalized spacial score (nSPS) is 24.7. The van der Waals surface area contributed by atoms with Gasteiger partial charge in [0.05, 0.1) is 18.1 Å². The molecule has 2 fully saturated rings. The lowest BCUT2D eigenvalue weighted by Gasteiger charge is -2.55. The maximum Gasteiger partial charge on any atom is 0.416 e. The Balaban J connectivity index is 1.30. The lowest BCUT2D eigenvalue weighted by molar-refractivity contribution is -0.150. The first-order valence-corrected chi connectivity index (χ1v) is 11.4. The molecule has 7 heteroatoms. The summed E-state index contributed by atoms with van der Waals surface area (Å²) in [6, 6.07) is 6.40. The molecule has 0 atom stereocenters. The predicted molar refractivity (Wildman–Crippen MR) is 120 cm³/mol. The van der Waals surface area contributed by atoms with Gasteiger partial charge in [-0.3, -0.25) is 9.69 Å². The van der Waals surface area contributed by atoms with Crippen molar-refractivity contribution in [3.05, 3.63) is 65.3 Å². The average molecular weight is 462 g/mol. The molecule has 1 aromatic rings. The standard InChI is InChI=1S/C26H30F3NO3/c1-3-4-5-23(26(27,28)29)17(2)8-9-33-22-7-6-18-13-25(14-20(18)12-22)15-30(16-25)21-10-19(11-21)24(31)32/h3-7,12,19,21H,1,8-11,13-16H2,2H3,(H,31,32)/b5-4-,23-17-. The van der Waals surface area contributed by atoms with Crippen LogP contribution in [-0.2, 0) is 17.6 Å². The van der Waals surface area contributed by atoms with Crippen LogP contribution in [-0.4, -0.2) is 47.9 Å². The molecule has 1 saturated heterocycles. The highest BCUT2D eigenvalue weighted by Crippen LogP contribution is 2.48. The van der Waals surface area contributed by atoms with Crippen LogP contribution in [0.3, 0.4) is 0 Å². The quantitative estimate of drug-likeness (QED) is 0.531. The molecule has 1 heterocycles. The summed E-state index contributed by atoms with van der Waals surface area (Å²) in [5, 5.41) is 9.07. The SMILES string of the molecule is C=C/C=C\C(=C(/C)CCOc1ccc2c(c1)CC1(C2)CN(C2CC(C(=O)O)C2)C1)C(F)(F)F. The third kappa shape index (κ3) is 5.03. The molecule has 0 aromatic heterocycles. The van der Waals surface area contributed by atoms with Crippen LogP contribution >= 0.6 is 0 Å². The van der Waals surface area contributed by atoms with Crippen molar-refractivity contribution in [2.24, 2.45) is 11.3 Å². The van der Waals surface area contributed by atoms with E-state index in [0.717, 1.165) is 44.8 Å². The second kappa shape index (κ2) is 9.01. The van der Waals surface area contributed by atoms with E-state index in [4.69, 9.17) is 9.84 Å². The van der Waals surface area contributed by atoms with Gasteiger partial charge in [0.1, 0.15) is 5.75 Å². The lowest BCUT2D eigenvalue weighted by atomic mass is 9.71. The highest BCUT2D eigenvalue weighted by molar-refractivity contribution is 5.71. The van der Waals surface area contributed by atoms with Gasteiger partial charge in [-0.1, -0.05) is 36.4 Å². The van der Waals surface area contributed by atoms with Gasteiger partial charge in [-0.2, -0.15) is 13.2 Å². The van der Waals surface area contributed by atoms with Crippen molar-refractivity contribution in [1.82, 2.24) is 4.90 Å². The number of benzene rings is 1. The molecule has 0 unspecified atom stereocenters. The Kier molecular flexibility index (Phi) is 6.45.